The van der Waals surface area contributed by atoms with Gasteiger partial charge in [-0.15, -0.1) is 0 Å². The molecule has 0 aromatic heterocycles. The number of nitriles is 1. The molecule has 3 atom stereocenters. The van der Waals surface area contributed by atoms with Crippen molar-refractivity contribution in [1.82, 2.24) is 0 Å². The van der Waals surface area contributed by atoms with Crippen molar-refractivity contribution in [3.05, 3.63) is 69.3 Å². The van der Waals surface area contributed by atoms with Crippen molar-refractivity contribution in [2.45, 2.75) is 18.4 Å². The van der Waals surface area contributed by atoms with Crippen molar-refractivity contribution in [1.29, 1.82) is 5.26 Å². The summed E-state index contributed by atoms with van der Waals surface area (Å²) in [6, 6.07) is 10.6. The zero-order valence-corrected chi connectivity index (χ0v) is 15.5. The number of hydrogen-bond acceptors (Lipinski definition) is 6. The quantitative estimate of drug-likeness (QED) is 0.484. The van der Waals surface area contributed by atoms with Crippen LogP contribution in [0.2, 0.25) is 0 Å². The molecule has 0 spiro atoms. The average Bonchev–Trinajstić information content (AvgIpc) is 3.21. The van der Waals surface area contributed by atoms with Crippen molar-refractivity contribution in [3.8, 4) is 17.6 Å². The molecule has 7 heteroatoms. The molecule has 0 fully saturated rings. The van der Waals surface area contributed by atoms with E-state index in [1.807, 2.05) is 18.2 Å². The van der Waals surface area contributed by atoms with E-state index in [2.05, 4.69) is 23.5 Å². The van der Waals surface area contributed by atoms with E-state index in [4.69, 9.17) is 9.47 Å². The molecule has 0 unspecified atom stereocenters. The smallest absolute Gasteiger partial charge is 0.271 e. The van der Waals surface area contributed by atoms with Gasteiger partial charge in [-0.25, -0.2) is 0 Å². The van der Waals surface area contributed by atoms with Crippen molar-refractivity contribution in [2.75, 3.05) is 19.5 Å². The maximum absolute atomic E-state index is 11.3. The molecule has 0 radical (unpaired) electrons. The number of nitrogens with one attached hydrogen (secondary N) is 1. The first kappa shape index (κ1) is 17.9. The van der Waals surface area contributed by atoms with Crippen LogP contribution in [0.15, 0.2) is 42.5 Å². The Morgan fingerprint density at radius 1 is 1.25 bits per heavy atom. The molecule has 142 valence electrons. The molecular weight excluding hydrogens is 358 g/mol. The molecular formula is C21H19N3O4. The highest BCUT2D eigenvalue weighted by Crippen LogP contribution is 2.53. The molecule has 0 bridgehead atoms. The van der Waals surface area contributed by atoms with Crippen molar-refractivity contribution in [2.24, 2.45) is 5.92 Å². The molecule has 1 heterocycles. The van der Waals surface area contributed by atoms with Crippen LogP contribution in [0.25, 0.3) is 0 Å². The summed E-state index contributed by atoms with van der Waals surface area (Å²) >= 11 is 0. The molecule has 0 saturated heterocycles. The highest BCUT2D eigenvalue weighted by Gasteiger charge is 2.41. The average molecular weight is 377 g/mol. The molecule has 28 heavy (non-hydrogen) atoms. The highest BCUT2D eigenvalue weighted by molar-refractivity contribution is 5.71. The fourth-order valence-corrected chi connectivity index (χ4v) is 4.34. The number of anilines is 1. The van der Waals surface area contributed by atoms with E-state index in [1.165, 1.54) is 6.07 Å². The highest BCUT2D eigenvalue weighted by atomic mass is 16.6. The number of allylic oxidation sites excluding steroid dienone is 2. The monoisotopic (exact) mass is 377 g/mol. The lowest BCUT2D eigenvalue weighted by Crippen LogP contribution is -2.30. The Labute approximate surface area is 162 Å². The van der Waals surface area contributed by atoms with Crippen LogP contribution < -0.4 is 14.8 Å². The standard InChI is InChI=1S/C21H19N3O4/c1-27-18-8-4-7-16(21(18)28-2)20-15-6-3-5-14(15)17-10-13(24(25)26)9-12(11-22)19(17)23-20/h3-5,7-10,14-15,20,23H,6H2,1-2H3/t14-,15+,20-/m1/s1. The van der Waals surface area contributed by atoms with Gasteiger partial charge in [0.05, 0.1) is 36.4 Å². The van der Waals surface area contributed by atoms with E-state index in [-0.39, 0.29) is 29.1 Å². The van der Waals surface area contributed by atoms with Gasteiger partial charge in [-0.1, -0.05) is 24.3 Å². The lowest BCUT2D eigenvalue weighted by atomic mass is 9.76. The molecule has 1 aliphatic carbocycles. The molecule has 1 N–H and O–H groups in total. The Morgan fingerprint density at radius 2 is 2.07 bits per heavy atom. The van der Waals surface area contributed by atoms with Crippen LogP contribution in [-0.4, -0.2) is 19.1 Å². The molecule has 4 rings (SSSR count). The maximum Gasteiger partial charge on any atom is 0.271 e. The second kappa shape index (κ2) is 6.89. The Morgan fingerprint density at radius 3 is 2.75 bits per heavy atom. The second-order valence-electron chi connectivity index (χ2n) is 6.88. The topological polar surface area (TPSA) is 97.4 Å². The predicted molar refractivity (Wildman–Crippen MR) is 104 cm³/mol. The number of nitro benzene ring substituents is 1. The first-order chi connectivity index (χ1) is 13.6. The third-order valence-corrected chi connectivity index (χ3v) is 5.55. The lowest BCUT2D eigenvalue weighted by Gasteiger charge is -2.38. The number of rotatable bonds is 4. The summed E-state index contributed by atoms with van der Waals surface area (Å²) in [6.07, 6.45) is 5.00. The van der Waals surface area contributed by atoms with Crippen molar-refractivity contribution >= 4 is 11.4 Å². The van der Waals surface area contributed by atoms with Crippen LogP contribution in [0.4, 0.5) is 11.4 Å². The van der Waals surface area contributed by atoms with Gasteiger partial charge in [0.2, 0.25) is 0 Å². The lowest BCUT2D eigenvalue weighted by molar-refractivity contribution is -0.384. The van der Waals surface area contributed by atoms with Gasteiger partial charge >= 0.3 is 0 Å². The maximum atomic E-state index is 11.3. The normalized spacial score (nSPS) is 21.8. The molecule has 7 nitrogen and oxygen atoms in total. The Kier molecular flexibility index (Phi) is 4.40. The SMILES string of the molecule is COc1cccc([C@@H]2Nc3c(C#N)cc([N+](=O)[O-])cc3[C@@H]3C=CC[C@@H]32)c1OC. The minimum atomic E-state index is -0.452. The third-order valence-electron chi connectivity index (χ3n) is 5.55. The molecule has 2 aromatic carbocycles. The van der Waals surface area contributed by atoms with Gasteiger partial charge in [-0.05, 0) is 24.0 Å². The number of fused-ring (bicyclic) bond motifs is 3. The number of nitrogens with zero attached hydrogens (tertiary/aromatic N) is 2. The number of ether oxygens (including phenoxy) is 2. The van der Waals surface area contributed by atoms with E-state index >= 15 is 0 Å². The Bertz CT molecular complexity index is 1030. The van der Waals surface area contributed by atoms with Gasteiger partial charge in [0, 0.05) is 23.6 Å². The third kappa shape index (κ3) is 2.65. The first-order valence-electron chi connectivity index (χ1n) is 8.95. The fourth-order valence-electron chi connectivity index (χ4n) is 4.34. The summed E-state index contributed by atoms with van der Waals surface area (Å²) in [5.74, 6) is 1.43. The number of methoxy groups -OCH3 is 2. The molecule has 2 aliphatic rings. The van der Waals surface area contributed by atoms with Crippen LogP contribution in [0.1, 0.15) is 35.1 Å². The van der Waals surface area contributed by atoms with Crippen molar-refractivity contribution in [3.63, 3.8) is 0 Å². The van der Waals surface area contributed by atoms with Crippen LogP contribution in [0.5, 0.6) is 11.5 Å². The van der Waals surface area contributed by atoms with E-state index < -0.39 is 4.92 Å². The first-order valence-corrected chi connectivity index (χ1v) is 8.95. The van der Waals surface area contributed by atoms with Gasteiger partial charge in [-0.3, -0.25) is 10.1 Å². The summed E-state index contributed by atoms with van der Waals surface area (Å²) in [7, 11) is 3.20. The summed E-state index contributed by atoms with van der Waals surface area (Å²) in [5.41, 5.74) is 2.59. The summed E-state index contributed by atoms with van der Waals surface area (Å²) in [4.78, 5) is 10.9. The van der Waals surface area contributed by atoms with E-state index in [0.717, 1.165) is 17.5 Å². The Balaban J connectivity index is 1.88. The van der Waals surface area contributed by atoms with Gasteiger partial charge in [0.15, 0.2) is 11.5 Å². The number of non-ortho nitro benzene ring substituents is 1. The molecule has 1 aliphatic heterocycles. The van der Waals surface area contributed by atoms with E-state index in [1.54, 1.807) is 20.3 Å². The number of nitro groups is 1. The van der Waals surface area contributed by atoms with Crippen LogP contribution >= 0.6 is 0 Å². The van der Waals surface area contributed by atoms with E-state index in [0.29, 0.717) is 17.2 Å². The number of hydrogen-bond donors (Lipinski definition) is 1. The predicted octanol–water partition coefficient (Wildman–Crippen LogP) is 4.31. The summed E-state index contributed by atoms with van der Waals surface area (Å²) in [5, 5.41) is 24.4. The van der Waals surface area contributed by atoms with Gasteiger partial charge in [-0.2, -0.15) is 5.26 Å². The summed E-state index contributed by atoms with van der Waals surface area (Å²) in [6.45, 7) is 0. The van der Waals surface area contributed by atoms with E-state index in [9.17, 15) is 15.4 Å². The summed E-state index contributed by atoms with van der Waals surface area (Å²) < 4.78 is 11.1. The second-order valence-corrected chi connectivity index (χ2v) is 6.88. The Hall–Kier alpha value is -3.53. The zero-order chi connectivity index (χ0) is 19.8. The van der Waals surface area contributed by atoms with Crippen molar-refractivity contribution < 1.29 is 14.4 Å². The largest absolute Gasteiger partial charge is 0.493 e. The van der Waals surface area contributed by atoms with Gasteiger partial charge < -0.3 is 14.8 Å². The van der Waals surface area contributed by atoms with Crippen LogP contribution in [-0.2, 0) is 0 Å². The van der Waals surface area contributed by atoms with Gasteiger partial charge in [0.1, 0.15) is 6.07 Å². The molecule has 2 aromatic rings. The number of para-hydroxylation sites is 1. The fraction of sp³-hybridized carbons (Fsp3) is 0.286. The van der Waals surface area contributed by atoms with Crippen LogP contribution in [0.3, 0.4) is 0 Å². The zero-order valence-electron chi connectivity index (χ0n) is 15.5. The molecule has 0 saturated carbocycles. The van der Waals surface area contributed by atoms with Crippen LogP contribution in [0, 0.1) is 27.4 Å². The number of benzene rings is 2. The van der Waals surface area contributed by atoms with Gasteiger partial charge in [0.25, 0.3) is 5.69 Å². The minimum Gasteiger partial charge on any atom is -0.493 e. The molecule has 0 amide bonds. The minimum absolute atomic E-state index is 0.0100.